The Labute approximate surface area is 83.9 Å². The van der Waals surface area contributed by atoms with Crippen LogP contribution in [0.1, 0.15) is 25.0 Å². The molecule has 14 heavy (non-hydrogen) atoms. The van der Waals surface area contributed by atoms with E-state index in [4.69, 9.17) is 4.74 Å². The lowest BCUT2D eigenvalue weighted by Gasteiger charge is -2.30. The van der Waals surface area contributed by atoms with Crippen LogP contribution in [0.5, 0.6) is 5.75 Å². The number of rotatable bonds is 0. The van der Waals surface area contributed by atoms with Crippen LogP contribution in [0.3, 0.4) is 0 Å². The number of ether oxygens (including phenoxy) is 1. The van der Waals surface area contributed by atoms with Crippen molar-refractivity contribution in [3.63, 3.8) is 0 Å². The maximum absolute atomic E-state index is 11.6. The van der Waals surface area contributed by atoms with E-state index in [0.29, 0.717) is 0 Å². The SMILES string of the molecule is Cc1ccc2c(c1)OCC(=O)C2(C)C. The minimum absolute atomic E-state index is 0.147. The lowest BCUT2D eigenvalue weighted by Crippen LogP contribution is -2.37. The Hall–Kier alpha value is -1.31. The molecule has 0 atom stereocenters. The standard InChI is InChI=1S/C12H14O2/c1-8-4-5-9-10(6-8)14-7-11(13)12(9,2)3/h4-6H,7H2,1-3H3. The number of Topliss-reactive ketones (excluding diaryl/α,β-unsaturated/α-hetero) is 1. The third-order valence-electron chi connectivity index (χ3n) is 2.87. The van der Waals surface area contributed by atoms with E-state index in [1.54, 1.807) is 0 Å². The van der Waals surface area contributed by atoms with Crippen molar-refractivity contribution in [2.24, 2.45) is 0 Å². The molecule has 1 aliphatic heterocycles. The average Bonchev–Trinajstić information content (AvgIpc) is 2.12. The molecule has 1 aromatic rings. The smallest absolute Gasteiger partial charge is 0.180 e. The van der Waals surface area contributed by atoms with Gasteiger partial charge in [-0.1, -0.05) is 12.1 Å². The van der Waals surface area contributed by atoms with E-state index in [1.807, 2.05) is 39.0 Å². The first-order valence-corrected chi connectivity index (χ1v) is 4.79. The van der Waals surface area contributed by atoms with E-state index < -0.39 is 5.41 Å². The Morgan fingerprint density at radius 2 is 2.07 bits per heavy atom. The van der Waals surface area contributed by atoms with Gasteiger partial charge >= 0.3 is 0 Å². The molecule has 2 rings (SSSR count). The zero-order valence-corrected chi connectivity index (χ0v) is 8.76. The Kier molecular flexibility index (Phi) is 1.88. The van der Waals surface area contributed by atoms with Gasteiger partial charge in [0.15, 0.2) is 5.78 Å². The second kappa shape index (κ2) is 2.84. The van der Waals surface area contributed by atoms with Gasteiger partial charge in [-0.05, 0) is 32.4 Å². The molecule has 0 radical (unpaired) electrons. The molecule has 0 spiro atoms. The predicted molar refractivity (Wildman–Crippen MR) is 54.7 cm³/mol. The number of carbonyl (C=O) groups excluding carboxylic acids is 1. The number of benzene rings is 1. The van der Waals surface area contributed by atoms with Crippen molar-refractivity contribution >= 4 is 5.78 Å². The van der Waals surface area contributed by atoms with Crippen molar-refractivity contribution < 1.29 is 9.53 Å². The number of aryl methyl sites for hydroxylation is 1. The molecule has 1 aromatic carbocycles. The van der Waals surface area contributed by atoms with Gasteiger partial charge in [-0.25, -0.2) is 0 Å². The first kappa shape index (κ1) is 9.25. The summed E-state index contributed by atoms with van der Waals surface area (Å²) in [5.74, 6) is 1.00. The maximum Gasteiger partial charge on any atom is 0.180 e. The largest absolute Gasteiger partial charge is 0.485 e. The molecule has 0 fully saturated rings. The Bertz CT molecular complexity index is 391. The summed E-state index contributed by atoms with van der Waals surface area (Å²) < 4.78 is 5.40. The van der Waals surface area contributed by atoms with Crippen LogP contribution in [0.2, 0.25) is 0 Å². The van der Waals surface area contributed by atoms with Crippen molar-refractivity contribution in [2.45, 2.75) is 26.2 Å². The third-order valence-corrected chi connectivity index (χ3v) is 2.87. The highest BCUT2D eigenvalue weighted by atomic mass is 16.5. The van der Waals surface area contributed by atoms with Crippen LogP contribution in [0, 0.1) is 6.92 Å². The first-order valence-electron chi connectivity index (χ1n) is 4.79. The molecular formula is C12H14O2. The Morgan fingerprint density at radius 1 is 1.36 bits per heavy atom. The monoisotopic (exact) mass is 190 g/mol. The van der Waals surface area contributed by atoms with Crippen LogP contribution < -0.4 is 4.74 Å². The molecule has 2 nitrogen and oxygen atoms in total. The van der Waals surface area contributed by atoms with E-state index in [0.717, 1.165) is 16.9 Å². The molecule has 0 aromatic heterocycles. The first-order chi connectivity index (χ1) is 6.51. The highest BCUT2D eigenvalue weighted by Gasteiger charge is 2.36. The molecule has 1 aliphatic rings. The van der Waals surface area contributed by atoms with E-state index in [1.165, 1.54) is 0 Å². The summed E-state index contributed by atoms with van der Waals surface area (Å²) >= 11 is 0. The summed E-state index contributed by atoms with van der Waals surface area (Å²) in [6, 6.07) is 5.99. The van der Waals surface area contributed by atoms with Crippen LogP contribution in [-0.2, 0) is 10.2 Å². The molecule has 74 valence electrons. The van der Waals surface area contributed by atoms with Gasteiger partial charge in [-0.2, -0.15) is 0 Å². The fourth-order valence-corrected chi connectivity index (χ4v) is 1.74. The molecule has 2 heteroatoms. The molecule has 0 aliphatic carbocycles. The van der Waals surface area contributed by atoms with Crippen molar-refractivity contribution in [1.82, 2.24) is 0 Å². The number of hydrogen-bond donors (Lipinski definition) is 0. The van der Waals surface area contributed by atoms with E-state index in [2.05, 4.69) is 0 Å². The Balaban J connectivity index is 2.59. The van der Waals surface area contributed by atoms with E-state index in [9.17, 15) is 4.79 Å². The van der Waals surface area contributed by atoms with E-state index in [-0.39, 0.29) is 12.4 Å². The van der Waals surface area contributed by atoms with Gasteiger partial charge in [0.1, 0.15) is 12.4 Å². The minimum Gasteiger partial charge on any atom is -0.485 e. The fraction of sp³-hybridized carbons (Fsp3) is 0.417. The number of ketones is 1. The highest BCUT2D eigenvalue weighted by molar-refractivity contribution is 5.92. The van der Waals surface area contributed by atoms with Gasteiger partial charge in [-0.15, -0.1) is 0 Å². The summed E-state index contributed by atoms with van der Waals surface area (Å²) in [6.07, 6.45) is 0. The normalized spacial score (nSPS) is 18.6. The van der Waals surface area contributed by atoms with Gasteiger partial charge in [0.05, 0.1) is 5.41 Å². The van der Waals surface area contributed by atoms with Crippen molar-refractivity contribution in [3.8, 4) is 5.75 Å². The molecule has 0 unspecified atom stereocenters. The molecule has 0 saturated carbocycles. The van der Waals surface area contributed by atoms with Crippen LogP contribution in [0.4, 0.5) is 0 Å². The lowest BCUT2D eigenvalue weighted by atomic mass is 9.78. The lowest BCUT2D eigenvalue weighted by molar-refractivity contribution is -0.126. The average molecular weight is 190 g/mol. The number of fused-ring (bicyclic) bond motifs is 1. The number of carbonyl (C=O) groups is 1. The minimum atomic E-state index is -0.402. The zero-order valence-electron chi connectivity index (χ0n) is 8.76. The van der Waals surface area contributed by atoms with Crippen molar-refractivity contribution in [1.29, 1.82) is 0 Å². The summed E-state index contributed by atoms with van der Waals surface area (Å²) in [7, 11) is 0. The second-order valence-electron chi connectivity index (χ2n) is 4.34. The maximum atomic E-state index is 11.6. The van der Waals surface area contributed by atoms with Crippen LogP contribution in [0.15, 0.2) is 18.2 Å². The van der Waals surface area contributed by atoms with Crippen LogP contribution in [0.25, 0.3) is 0 Å². The molecular weight excluding hydrogens is 176 g/mol. The number of hydrogen-bond acceptors (Lipinski definition) is 2. The quantitative estimate of drug-likeness (QED) is 0.627. The molecule has 1 heterocycles. The Morgan fingerprint density at radius 3 is 2.79 bits per heavy atom. The van der Waals surface area contributed by atoms with Crippen LogP contribution in [-0.4, -0.2) is 12.4 Å². The topological polar surface area (TPSA) is 26.3 Å². The highest BCUT2D eigenvalue weighted by Crippen LogP contribution is 2.36. The van der Waals surface area contributed by atoms with Gasteiger partial charge in [0.2, 0.25) is 0 Å². The summed E-state index contributed by atoms with van der Waals surface area (Å²) in [5.41, 5.74) is 1.76. The summed E-state index contributed by atoms with van der Waals surface area (Å²) in [6.45, 7) is 6.12. The van der Waals surface area contributed by atoms with Crippen molar-refractivity contribution in [2.75, 3.05) is 6.61 Å². The van der Waals surface area contributed by atoms with Gasteiger partial charge in [0.25, 0.3) is 0 Å². The van der Waals surface area contributed by atoms with Gasteiger partial charge in [0, 0.05) is 5.56 Å². The molecule has 0 saturated heterocycles. The molecule has 0 N–H and O–H groups in total. The van der Waals surface area contributed by atoms with Gasteiger partial charge < -0.3 is 4.74 Å². The molecule has 0 amide bonds. The van der Waals surface area contributed by atoms with Crippen molar-refractivity contribution in [3.05, 3.63) is 29.3 Å². The zero-order chi connectivity index (χ0) is 10.3. The van der Waals surface area contributed by atoms with Crippen LogP contribution >= 0.6 is 0 Å². The summed E-state index contributed by atoms with van der Waals surface area (Å²) in [5, 5.41) is 0. The molecule has 0 bridgehead atoms. The fourth-order valence-electron chi connectivity index (χ4n) is 1.74. The van der Waals surface area contributed by atoms with Gasteiger partial charge in [-0.3, -0.25) is 4.79 Å². The van der Waals surface area contributed by atoms with E-state index >= 15 is 0 Å². The predicted octanol–water partition coefficient (Wildman–Crippen LogP) is 2.23. The third kappa shape index (κ3) is 1.22. The second-order valence-corrected chi connectivity index (χ2v) is 4.34. The summed E-state index contributed by atoms with van der Waals surface area (Å²) in [4.78, 5) is 11.6.